The Kier molecular flexibility index (Phi) is 4.05. The zero-order valence-corrected chi connectivity index (χ0v) is 15.3. The van der Waals surface area contributed by atoms with Gasteiger partial charge in [-0.1, -0.05) is 36.4 Å². The highest BCUT2D eigenvalue weighted by Crippen LogP contribution is 2.46. The first kappa shape index (κ1) is 17.2. The van der Waals surface area contributed by atoms with Crippen molar-refractivity contribution in [2.45, 2.75) is 50.0 Å². The normalized spacial score (nSPS) is 26.5. The number of carbonyl (C=O) groups excluding carboxylic acids is 1. The third-order valence-electron chi connectivity index (χ3n) is 5.97. The zero-order chi connectivity index (χ0) is 19.1. The van der Waals surface area contributed by atoms with Gasteiger partial charge in [-0.3, -0.25) is 0 Å². The van der Waals surface area contributed by atoms with Gasteiger partial charge in [0.15, 0.2) is 0 Å². The van der Waals surface area contributed by atoms with Gasteiger partial charge in [0.05, 0.1) is 5.60 Å². The SMILES string of the molecule is O=C(OCc1ccccc1)N1C2CCC1CC(O)(c1ccc3nonc3c1)C2. The molecule has 0 saturated carbocycles. The van der Waals surface area contributed by atoms with Crippen molar-refractivity contribution in [2.75, 3.05) is 0 Å². The van der Waals surface area contributed by atoms with E-state index < -0.39 is 5.60 Å². The molecule has 2 bridgehead atoms. The fourth-order valence-electron chi connectivity index (χ4n) is 4.62. The number of aromatic nitrogens is 2. The molecule has 1 N–H and O–H groups in total. The number of hydrogen-bond acceptors (Lipinski definition) is 6. The van der Waals surface area contributed by atoms with E-state index in [9.17, 15) is 9.90 Å². The molecule has 0 aliphatic carbocycles. The average molecular weight is 379 g/mol. The molecule has 1 aromatic heterocycles. The molecule has 0 spiro atoms. The number of ether oxygens (including phenoxy) is 1. The van der Waals surface area contributed by atoms with E-state index in [0.29, 0.717) is 23.9 Å². The Morgan fingerprint density at radius 1 is 1.11 bits per heavy atom. The molecule has 3 aromatic rings. The Labute approximate surface area is 161 Å². The third-order valence-corrected chi connectivity index (χ3v) is 5.97. The number of piperidine rings is 1. The van der Waals surface area contributed by atoms with Crippen LogP contribution in [0, 0.1) is 0 Å². The summed E-state index contributed by atoms with van der Waals surface area (Å²) in [5, 5.41) is 19.1. The minimum absolute atomic E-state index is 0.0295. The first-order chi connectivity index (χ1) is 13.6. The lowest BCUT2D eigenvalue weighted by Gasteiger charge is -2.43. The molecular weight excluding hydrogens is 358 g/mol. The van der Waals surface area contributed by atoms with Gasteiger partial charge in [0, 0.05) is 24.9 Å². The lowest BCUT2D eigenvalue weighted by atomic mass is 9.80. The number of benzene rings is 2. The van der Waals surface area contributed by atoms with E-state index in [-0.39, 0.29) is 24.8 Å². The second-order valence-corrected chi connectivity index (χ2v) is 7.74. The molecule has 2 saturated heterocycles. The summed E-state index contributed by atoms with van der Waals surface area (Å²) < 4.78 is 10.3. The highest BCUT2D eigenvalue weighted by molar-refractivity contribution is 5.74. The Balaban J connectivity index is 1.32. The van der Waals surface area contributed by atoms with Gasteiger partial charge < -0.3 is 14.7 Å². The van der Waals surface area contributed by atoms with Crippen LogP contribution in [0.4, 0.5) is 4.79 Å². The van der Waals surface area contributed by atoms with Crippen molar-refractivity contribution in [3.8, 4) is 0 Å². The Hall–Kier alpha value is -2.93. The number of carbonyl (C=O) groups is 1. The third kappa shape index (κ3) is 2.92. The Morgan fingerprint density at radius 2 is 1.82 bits per heavy atom. The van der Waals surface area contributed by atoms with Gasteiger partial charge in [0.1, 0.15) is 17.6 Å². The predicted molar refractivity (Wildman–Crippen MR) is 100 cm³/mol. The molecule has 0 radical (unpaired) electrons. The van der Waals surface area contributed by atoms with Gasteiger partial charge in [-0.2, -0.15) is 0 Å². The van der Waals surface area contributed by atoms with E-state index in [0.717, 1.165) is 24.0 Å². The van der Waals surface area contributed by atoms with Crippen LogP contribution in [0.2, 0.25) is 0 Å². The summed E-state index contributed by atoms with van der Waals surface area (Å²) in [5.74, 6) is 0. The molecule has 7 heteroatoms. The highest BCUT2D eigenvalue weighted by atomic mass is 16.6. The number of fused-ring (bicyclic) bond motifs is 3. The van der Waals surface area contributed by atoms with Crippen LogP contribution in [0.25, 0.3) is 11.0 Å². The van der Waals surface area contributed by atoms with E-state index in [2.05, 4.69) is 10.3 Å². The molecule has 2 atom stereocenters. The average Bonchev–Trinajstić information content (AvgIpc) is 3.29. The lowest BCUT2D eigenvalue weighted by molar-refractivity contribution is -0.0536. The van der Waals surface area contributed by atoms with Crippen molar-refractivity contribution in [2.24, 2.45) is 0 Å². The fourth-order valence-corrected chi connectivity index (χ4v) is 4.62. The quantitative estimate of drug-likeness (QED) is 0.751. The highest BCUT2D eigenvalue weighted by Gasteiger charge is 2.50. The molecule has 5 rings (SSSR count). The second-order valence-electron chi connectivity index (χ2n) is 7.74. The maximum absolute atomic E-state index is 12.7. The number of rotatable bonds is 3. The molecule has 144 valence electrons. The monoisotopic (exact) mass is 379 g/mol. The van der Waals surface area contributed by atoms with Crippen molar-refractivity contribution < 1.29 is 19.3 Å². The van der Waals surface area contributed by atoms with Crippen LogP contribution in [-0.4, -0.2) is 38.5 Å². The lowest BCUT2D eigenvalue weighted by Crippen LogP contribution is -2.52. The standard InChI is InChI=1S/C21H21N3O4/c25-20(27-13-14-4-2-1-3-5-14)24-16-7-8-17(24)12-21(26,11-16)15-6-9-18-19(10-15)23-28-22-18/h1-6,9-10,16-17,26H,7-8,11-13H2. The van der Waals surface area contributed by atoms with Gasteiger partial charge in [-0.25, -0.2) is 9.42 Å². The van der Waals surface area contributed by atoms with E-state index in [4.69, 9.17) is 9.37 Å². The molecule has 2 unspecified atom stereocenters. The van der Waals surface area contributed by atoms with E-state index in [1.54, 1.807) is 0 Å². The fraction of sp³-hybridized carbons (Fsp3) is 0.381. The maximum atomic E-state index is 12.7. The number of hydrogen-bond donors (Lipinski definition) is 1. The minimum atomic E-state index is -0.991. The van der Waals surface area contributed by atoms with Crippen LogP contribution in [0.15, 0.2) is 53.2 Å². The smallest absolute Gasteiger partial charge is 0.410 e. The van der Waals surface area contributed by atoms with Gasteiger partial charge in [0.2, 0.25) is 0 Å². The molecule has 2 aliphatic heterocycles. The predicted octanol–water partition coefficient (Wildman–Crippen LogP) is 3.37. The van der Waals surface area contributed by atoms with Gasteiger partial charge in [-0.15, -0.1) is 0 Å². The molecule has 2 aliphatic rings. The Bertz CT molecular complexity index is 989. The molecule has 2 aromatic carbocycles. The van der Waals surface area contributed by atoms with Crippen LogP contribution in [0.5, 0.6) is 0 Å². The van der Waals surface area contributed by atoms with Crippen LogP contribution in [-0.2, 0) is 16.9 Å². The van der Waals surface area contributed by atoms with Crippen molar-refractivity contribution in [3.05, 3.63) is 59.7 Å². The largest absolute Gasteiger partial charge is 0.445 e. The summed E-state index contributed by atoms with van der Waals surface area (Å²) in [4.78, 5) is 14.5. The summed E-state index contributed by atoms with van der Waals surface area (Å²) >= 11 is 0. The topological polar surface area (TPSA) is 88.7 Å². The van der Waals surface area contributed by atoms with Gasteiger partial charge >= 0.3 is 6.09 Å². The van der Waals surface area contributed by atoms with Crippen molar-refractivity contribution >= 4 is 17.1 Å². The van der Waals surface area contributed by atoms with Gasteiger partial charge in [-0.05, 0) is 46.4 Å². The molecule has 2 fully saturated rings. The van der Waals surface area contributed by atoms with Crippen molar-refractivity contribution in [1.29, 1.82) is 0 Å². The summed E-state index contributed by atoms with van der Waals surface area (Å²) in [6.45, 7) is 0.260. The first-order valence-electron chi connectivity index (χ1n) is 9.57. The maximum Gasteiger partial charge on any atom is 0.410 e. The van der Waals surface area contributed by atoms with Crippen LogP contribution < -0.4 is 0 Å². The summed E-state index contributed by atoms with van der Waals surface area (Å²) in [7, 11) is 0. The minimum Gasteiger partial charge on any atom is -0.445 e. The second kappa shape index (κ2) is 6.60. The Morgan fingerprint density at radius 3 is 2.57 bits per heavy atom. The summed E-state index contributed by atoms with van der Waals surface area (Å²) in [6.07, 6.45) is 2.43. The summed E-state index contributed by atoms with van der Waals surface area (Å²) in [5.41, 5.74) is 2.06. The van der Waals surface area contributed by atoms with Crippen molar-refractivity contribution in [3.63, 3.8) is 0 Å². The van der Waals surface area contributed by atoms with E-state index in [1.807, 2.05) is 53.4 Å². The van der Waals surface area contributed by atoms with Gasteiger partial charge in [0.25, 0.3) is 0 Å². The van der Waals surface area contributed by atoms with Crippen LogP contribution >= 0.6 is 0 Å². The zero-order valence-electron chi connectivity index (χ0n) is 15.3. The van der Waals surface area contributed by atoms with E-state index >= 15 is 0 Å². The van der Waals surface area contributed by atoms with Crippen LogP contribution in [0.1, 0.15) is 36.8 Å². The van der Waals surface area contributed by atoms with E-state index in [1.165, 1.54) is 0 Å². The molecule has 28 heavy (non-hydrogen) atoms. The summed E-state index contributed by atoms with van der Waals surface area (Å²) in [6, 6.07) is 15.1. The number of amides is 1. The first-order valence-corrected chi connectivity index (χ1v) is 9.57. The van der Waals surface area contributed by atoms with Crippen LogP contribution in [0.3, 0.4) is 0 Å². The molecule has 1 amide bonds. The van der Waals surface area contributed by atoms with Crippen molar-refractivity contribution in [1.82, 2.24) is 15.2 Å². The molecule has 3 heterocycles. The number of nitrogens with zero attached hydrogens (tertiary/aromatic N) is 3. The number of aliphatic hydroxyl groups is 1. The molecular formula is C21H21N3O4. The molecule has 7 nitrogen and oxygen atoms in total.